The number of oxazole rings is 1. The van der Waals surface area contributed by atoms with Gasteiger partial charge in [-0.2, -0.15) is 0 Å². The second-order valence-electron chi connectivity index (χ2n) is 8.35. The lowest BCUT2D eigenvalue weighted by Gasteiger charge is -2.61. The lowest BCUT2D eigenvalue weighted by molar-refractivity contribution is -0.384. The van der Waals surface area contributed by atoms with Gasteiger partial charge in [-0.05, 0) is 42.1 Å². The molecular formula is C19H22N2O6. The molecule has 0 unspecified atom stereocenters. The summed E-state index contributed by atoms with van der Waals surface area (Å²) in [6.45, 7) is 6.40. The molecule has 8 nitrogen and oxygen atoms in total. The number of fused-ring (bicyclic) bond motifs is 3. The maximum atomic E-state index is 12.4. The summed E-state index contributed by atoms with van der Waals surface area (Å²) in [7, 11) is 0. The number of aromatic nitrogens is 1. The summed E-state index contributed by atoms with van der Waals surface area (Å²) in [4.78, 5) is 34.8. The smallest absolute Gasteiger partial charge is 0.420 e. The Morgan fingerprint density at radius 1 is 1.41 bits per heavy atom. The standard InChI is InChI=1S/C19H22N2O6/c1-10-13-6-11(19(13,2)3)7-15(10)26-17(22)9-20-14-5-4-12(21(24)25)8-16(14)27-18(20)23/h4-5,8,10-11,13,15H,6-7,9H2,1-3H3/t10-,11+,13+,15-/m0/s1. The van der Waals surface area contributed by atoms with Crippen LogP contribution in [0.3, 0.4) is 0 Å². The molecule has 2 bridgehead atoms. The van der Waals surface area contributed by atoms with Crippen molar-refractivity contribution < 1.29 is 18.9 Å². The first-order chi connectivity index (χ1) is 12.7. The molecular weight excluding hydrogens is 352 g/mol. The summed E-state index contributed by atoms with van der Waals surface area (Å²) >= 11 is 0. The molecule has 0 aliphatic heterocycles. The van der Waals surface area contributed by atoms with E-state index in [0.29, 0.717) is 22.8 Å². The average molecular weight is 374 g/mol. The summed E-state index contributed by atoms with van der Waals surface area (Å²) in [6.07, 6.45) is 1.90. The number of esters is 1. The van der Waals surface area contributed by atoms with Crippen LogP contribution in [-0.4, -0.2) is 21.6 Å². The van der Waals surface area contributed by atoms with Gasteiger partial charge in [0.15, 0.2) is 5.58 Å². The largest absolute Gasteiger partial charge is 0.461 e. The van der Waals surface area contributed by atoms with Crippen molar-refractivity contribution in [3.05, 3.63) is 38.9 Å². The van der Waals surface area contributed by atoms with Gasteiger partial charge in [0.25, 0.3) is 5.69 Å². The Labute approximate surface area is 155 Å². The van der Waals surface area contributed by atoms with E-state index in [2.05, 4.69) is 20.8 Å². The molecule has 1 heterocycles. The summed E-state index contributed by atoms with van der Waals surface area (Å²) < 4.78 is 11.9. The fraction of sp³-hybridized carbons (Fsp3) is 0.579. The van der Waals surface area contributed by atoms with Crippen molar-refractivity contribution in [3.8, 4) is 0 Å². The highest BCUT2D eigenvalue weighted by Crippen LogP contribution is 2.61. The van der Waals surface area contributed by atoms with Gasteiger partial charge in [-0.3, -0.25) is 19.5 Å². The number of non-ortho nitro benzene ring substituents is 1. The van der Waals surface area contributed by atoms with Crippen LogP contribution in [0, 0.1) is 33.3 Å². The minimum atomic E-state index is -0.733. The molecule has 3 saturated carbocycles. The van der Waals surface area contributed by atoms with Crippen LogP contribution in [0.2, 0.25) is 0 Å². The summed E-state index contributed by atoms with van der Waals surface area (Å²) in [5.41, 5.74) is 0.539. The van der Waals surface area contributed by atoms with Crippen LogP contribution >= 0.6 is 0 Å². The minimum Gasteiger partial charge on any atom is -0.461 e. The quantitative estimate of drug-likeness (QED) is 0.463. The summed E-state index contributed by atoms with van der Waals surface area (Å²) in [6, 6.07) is 3.86. The molecule has 2 aromatic rings. The first kappa shape index (κ1) is 17.8. The molecule has 8 heteroatoms. The molecule has 1 aromatic carbocycles. The van der Waals surface area contributed by atoms with Crippen molar-refractivity contribution in [2.45, 2.75) is 46.3 Å². The van der Waals surface area contributed by atoms with E-state index < -0.39 is 16.6 Å². The van der Waals surface area contributed by atoms with E-state index in [4.69, 9.17) is 9.15 Å². The first-order valence-electron chi connectivity index (χ1n) is 9.15. The number of nitro benzene ring substituents is 1. The van der Waals surface area contributed by atoms with E-state index in [1.54, 1.807) is 0 Å². The van der Waals surface area contributed by atoms with Crippen LogP contribution in [0.1, 0.15) is 33.6 Å². The van der Waals surface area contributed by atoms with Crippen LogP contribution in [0.15, 0.2) is 27.4 Å². The zero-order valence-corrected chi connectivity index (χ0v) is 15.5. The molecule has 4 atom stereocenters. The van der Waals surface area contributed by atoms with Gasteiger partial charge in [-0.15, -0.1) is 0 Å². The van der Waals surface area contributed by atoms with E-state index in [-0.39, 0.29) is 29.8 Å². The zero-order chi connectivity index (χ0) is 19.5. The molecule has 0 N–H and O–H groups in total. The minimum absolute atomic E-state index is 0.0797. The van der Waals surface area contributed by atoms with Gasteiger partial charge in [-0.1, -0.05) is 20.8 Å². The third kappa shape index (κ3) is 2.74. The first-order valence-corrected chi connectivity index (χ1v) is 9.15. The molecule has 144 valence electrons. The second kappa shape index (κ2) is 5.94. The number of benzene rings is 1. The molecule has 27 heavy (non-hydrogen) atoms. The molecule has 3 aliphatic carbocycles. The van der Waals surface area contributed by atoms with Crippen LogP contribution in [-0.2, 0) is 16.1 Å². The zero-order valence-electron chi connectivity index (χ0n) is 15.5. The highest BCUT2D eigenvalue weighted by molar-refractivity contribution is 5.78. The molecule has 0 saturated heterocycles. The molecule has 0 spiro atoms. The van der Waals surface area contributed by atoms with Crippen molar-refractivity contribution in [2.75, 3.05) is 0 Å². The van der Waals surface area contributed by atoms with Crippen LogP contribution in [0.25, 0.3) is 11.1 Å². The lowest BCUT2D eigenvalue weighted by atomic mass is 9.45. The van der Waals surface area contributed by atoms with Crippen LogP contribution in [0.4, 0.5) is 5.69 Å². The van der Waals surface area contributed by atoms with Crippen molar-refractivity contribution in [2.24, 2.45) is 23.2 Å². The molecule has 1 aromatic heterocycles. The van der Waals surface area contributed by atoms with E-state index in [1.165, 1.54) is 24.6 Å². The maximum Gasteiger partial charge on any atom is 0.420 e. The van der Waals surface area contributed by atoms with Crippen LogP contribution in [0.5, 0.6) is 0 Å². The highest BCUT2D eigenvalue weighted by atomic mass is 16.6. The third-order valence-corrected chi connectivity index (χ3v) is 6.72. The molecule has 0 amide bonds. The fourth-order valence-corrected chi connectivity index (χ4v) is 4.91. The number of hydrogen-bond donors (Lipinski definition) is 0. The van der Waals surface area contributed by atoms with Gasteiger partial charge in [0.05, 0.1) is 16.5 Å². The van der Waals surface area contributed by atoms with Crippen molar-refractivity contribution in [1.29, 1.82) is 0 Å². The number of rotatable bonds is 4. The molecule has 5 rings (SSSR count). The summed E-state index contributed by atoms with van der Waals surface area (Å²) in [5.74, 6) is 0.174. The molecule has 3 aliphatic rings. The Balaban J connectivity index is 1.50. The Morgan fingerprint density at radius 3 is 2.78 bits per heavy atom. The number of nitro groups is 1. The predicted molar refractivity (Wildman–Crippen MR) is 96.2 cm³/mol. The van der Waals surface area contributed by atoms with Gasteiger partial charge < -0.3 is 9.15 Å². The van der Waals surface area contributed by atoms with Gasteiger partial charge in [0.2, 0.25) is 0 Å². The Hall–Kier alpha value is -2.64. The Morgan fingerprint density at radius 2 is 2.15 bits per heavy atom. The van der Waals surface area contributed by atoms with Crippen molar-refractivity contribution >= 4 is 22.8 Å². The van der Waals surface area contributed by atoms with E-state index in [0.717, 1.165) is 11.0 Å². The van der Waals surface area contributed by atoms with Gasteiger partial charge in [0, 0.05) is 6.07 Å². The number of ether oxygens (including phenoxy) is 1. The third-order valence-electron chi connectivity index (χ3n) is 6.72. The second-order valence-corrected chi connectivity index (χ2v) is 8.35. The Bertz CT molecular complexity index is 988. The van der Waals surface area contributed by atoms with Gasteiger partial charge in [-0.25, -0.2) is 4.79 Å². The average Bonchev–Trinajstić information content (AvgIpc) is 2.90. The number of carbonyl (C=O) groups excluding carboxylic acids is 1. The maximum absolute atomic E-state index is 12.4. The number of carbonyl (C=O) groups is 1. The van der Waals surface area contributed by atoms with E-state index >= 15 is 0 Å². The summed E-state index contributed by atoms with van der Waals surface area (Å²) in [5, 5.41) is 10.8. The van der Waals surface area contributed by atoms with E-state index in [1.807, 2.05) is 0 Å². The van der Waals surface area contributed by atoms with Crippen molar-refractivity contribution in [3.63, 3.8) is 0 Å². The van der Waals surface area contributed by atoms with Gasteiger partial charge in [0.1, 0.15) is 12.6 Å². The number of nitrogens with zero attached hydrogens (tertiary/aromatic N) is 2. The van der Waals surface area contributed by atoms with E-state index in [9.17, 15) is 19.7 Å². The number of hydrogen-bond acceptors (Lipinski definition) is 6. The molecule has 3 fully saturated rings. The predicted octanol–water partition coefficient (Wildman–Crippen LogP) is 3.12. The monoisotopic (exact) mass is 374 g/mol. The van der Waals surface area contributed by atoms with Crippen molar-refractivity contribution in [1.82, 2.24) is 4.57 Å². The lowest BCUT2D eigenvalue weighted by Crippen LogP contribution is -2.57. The normalized spacial score (nSPS) is 28.6. The van der Waals surface area contributed by atoms with Gasteiger partial charge >= 0.3 is 11.7 Å². The SMILES string of the molecule is C[C@@H]1[C@@H](OC(=O)Cn2c(=O)oc3cc([N+](=O)[O-])ccc32)C[C@H]2C[C@H]1C2(C)C. The highest BCUT2D eigenvalue weighted by Gasteiger charge is 2.57. The molecule has 0 radical (unpaired) electrons. The Kier molecular flexibility index (Phi) is 3.90. The topological polar surface area (TPSA) is 105 Å². The van der Waals surface area contributed by atoms with Crippen LogP contribution < -0.4 is 5.76 Å². The fourth-order valence-electron chi connectivity index (χ4n) is 4.91.